The van der Waals surface area contributed by atoms with Crippen molar-refractivity contribution in [1.29, 1.82) is 0 Å². The molecule has 20 heavy (non-hydrogen) atoms. The van der Waals surface area contributed by atoms with Crippen LogP contribution in [0.1, 0.15) is 5.69 Å². The number of nitrogens with zero attached hydrogens (tertiary/aromatic N) is 3. The highest BCUT2D eigenvalue weighted by atomic mass is 32.1. The highest BCUT2D eigenvalue weighted by Crippen LogP contribution is 2.35. The molecule has 0 saturated heterocycles. The van der Waals surface area contributed by atoms with Crippen molar-refractivity contribution < 1.29 is 0 Å². The van der Waals surface area contributed by atoms with E-state index in [1.807, 2.05) is 30.9 Å². The lowest BCUT2D eigenvalue weighted by Crippen LogP contribution is -2.06. The first-order valence-electron chi connectivity index (χ1n) is 6.46. The van der Waals surface area contributed by atoms with Crippen LogP contribution in [0.15, 0.2) is 42.9 Å². The zero-order valence-corrected chi connectivity index (χ0v) is 12.3. The Balaban J connectivity index is 2.10. The van der Waals surface area contributed by atoms with Crippen LogP contribution in [0.25, 0.3) is 21.1 Å². The molecule has 0 spiro atoms. The number of rotatable bonds is 4. The first kappa shape index (κ1) is 13.0. The van der Waals surface area contributed by atoms with Gasteiger partial charge in [0, 0.05) is 13.6 Å². The minimum absolute atomic E-state index is 0.762. The Morgan fingerprint density at radius 1 is 1.25 bits per heavy atom. The Morgan fingerprint density at radius 2 is 2.05 bits per heavy atom. The zero-order chi connectivity index (χ0) is 13.9. The van der Waals surface area contributed by atoms with E-state index >= 15 is 0 Å². The lowest BCUT2D eigenvalue weighted by atomic mass is 10.1. The van der Waals surface area contributed by atoms with Crippen molar-refractivity contribution in [1.82, 2.24) is 19.9 Å². The summed E-state index contributed by atoms with van der Waals surface area (Å²) in [6.45, 7) is 0.762. The van der Waals surface area contributed by atoms with E-state index < -0.39 is 0 Å². The quantitative estimate of drug-likeness (QED) is 0.801. The van der Waals surface area contributed by atoms with Gasteiger partial charge in [-0.1, -0.05) is 30.3 Å². The van der Waals surface area contributed by atoms with Crippen LogP contribution in [-0.4, -0.2) is 21.6 Å². The summed E-state index contributed by atoms with van der Waals surface area (Å²) >= 11 is 1.71. The Bertz CT molecular complexity index is 700. The second kappa shape index (κ2) is 5.56. The first-order valence-corrected chi connectivity index (χ1v) is 7.27. The Morgan fingerprint density at radius 3 is 2.70 bits per heavy atom. The molecule has 0 fully saturated rings. The van der Waals surface area contributed by atoms with Gasteiger partial charge in [-0.25, -0.2) is 9.97 Å². The summed E-state index contributed by atoms with van der Waals surface area (Å²) in [7, 11) is 3.93. The van der Waals surface area contributed by atoms with Gasteiger partial charge in [0.25, 0.3) is 0 Å². The van der Waals surface area contributed by atoms with E-state index in [1.165, 1.54) is 10.4 Å². The SMILES string of the molecule is CNCc1nc(-c2cncn2C)sc1-c1ccccc1. The van der Waals surface area contributed by atoms with Crippen LogP contribution in [0.2, 0.25) is 0 Å². The number of hydrogen-bond acceptors (Lipinski definition) is 4. The van der Waals surface area contributed by atoms with Gasteiger partial charge in [0.05, 0.1) is 28.8 Å². The third-order valence-corrected chi connectivity index (χ3v) is 4.28. The van der Waals surface area contributed by atoms with E-state index in [0.717, 1.165) is 22.9 Å². The van der Waals surface area contributed by atoms with E-state index in [2.05, 4.69) is 34.6 Å². The second-order valence-corrected chi connectivity index (χ2v) is 5.58. The van der Waals surface area contributed by atoms with Crippen LogP contribution >= 0.6 is 11.3 Å². The van der Waals surface area contributed by atoms with Gasteiger partial charge in [0.2, 0.25) is 0 Å². The zero-order valence-electron chi connectivity index (χ0n) is 11.5. The summed E-state index contributed by atoms with van der Waals surface area (Å²) < 4.78 is 2.00. The minimum Gasteiger partial charge on any atom is -0.332 e. The van der Waals surface area contributed by atoms with Crippen molar-refractivity contribution >= 4 is 11.3 Å². The van der Waals surface area contributed by atoms with Gasteiger partial charge < -0.3 is 9.88 Å². The third kappa shape index (κ3) is 2.37. The lowest BCUT2D eigenvalue weighted by Gasteiger charge is -2.00. The Kier molecular flexibility index (Phi) is 3.62. The molecule has 2 heterocycles. The summed E-state index contributed by atoms with van der Waals surface area (Å²) in [6, 6.07) is 10.4. The van der Waals surface area contributed by atoms with Crippen LogP contribution in [0.5, 0.6) is 0 Å². The number of benzene rings is 1. The van der Waals surface area contributed by atoms with Gasteiger partial charge in [-0.15, -0.1) is 11.3 Å². The predicted octanol–water partition coefficient (Wildman–Crippen LogP) is 2.93. The minimum atomic E-state index is 0.762. The molecule has 2 aromatic heterocycles. The molecule has 1 N–H and O–H groups in total. The first-order chi connectivity index (χ1) is 9.79. The molecule has 0 radical (unpaired) electrons. The van der Waals surface area contributed by atoms with Crippen LogP contribution in [-0.2, 0) is 13.6 Å². The van der Waals surface area contributed by atoms with E-state index in [0.29, 0.717) is 0 Å². The van der Waals surface area contributed by atoms with Crippen molar-refractivity contribution in [3.05, 3.63) is 48.5 Å². The molecule has 0 atom stereocenters. The molecular formula is C15H16N4S. The van der Waals surface area contributed by atoms with Crippen LogP contribution in [0.4, 0.5) is 0 Å². The number of thiazole rings is 1. The third-order valence-electron chi connectivity index (χ3n) is 3.11. The molecule has 102 valence electrons. The van der Waals surface area contributed by atoms with Gasteiger partial charge in [0.1, 0.15) is 5.01 Å². The topological polar surface area (TPSA) is 42.7 Å². The molecule has 3 rings (SSSR count). The highest BCUT2D eigenvalue weighted by molar-refractivity contribution is 7.18. The monoisotopic (exact) mass is 284 g/mol. The average Bonchev–Trinajstić information content (AvgIpc) is 3.06. The highest BCUT2D eigenvalue weighted by Gasteiger charge is 2.15. The van der Waals surface area contributed by atoms with Gasteiger partial charge in [-0.05, 0) is 12.6 Å². The van der Waals surface area contributed by atoms with Crippen molar-refractivity contribution in [2.75, 3.05) is 7.05 Å². The summed E-state index contributed by atoms with van der Waals surface area (Å²) in [4.78, 5) is 10.2. The number of aryl methyl sites for hydroxylation is 1. The Hall–Kier alpha value is -1.98. The molecule has 0 bridgehead atoms. The standard InChI is InChI=1S/C15H16N4S/c1-16-8-12-14(11-6-4-3-5-7-11)20-15(18-12)13-9-17-10-19(13)2/h3-7,9-10,16H,8H2,1-2H3. The summed E-state index contributed by atoms with van der Waals surface area (Å²) in [5.74, 6) is 0. The van der Waals surface area contributed by atoms with Crippen molar-refractivity contribution in [3.8, 4) is 21.1 Å². The van der Waals surface area contributed by atoms with Crippen LogP contribution < -0.4 is 5.32 Å². The van der Waals surface area contributed by atoms with Crippen LogP contribution in [0.3, 0.4) is 0 Å². The maximum Gasteiger partial charge on any atom is 0.142 e. The lowest BCUT2D eigenvalue weighted by molar-refractivity contribution is 0.798. The molecule has 0 unspecified atom stereocenters. The molecular weight excluding hydrogens is 268 g/mol. The molecule has 3 aromatic rings. The normalized spacial score (nSPS) is 10.9. The molecule has 4 nitrogen and oxygen atoms in total. The maximum atomic E-state index is 4.77. The second-order valence-electron chi connectivity index (χ2n) is 4.58. The molecule has 5 heteroatoms. The fourth-order valence-corrected chi connectivity index (χ4v) is 3.27. The predicted molar refractivity (Wildman–Crippen MR) is 82.5 cm³/mol. The van der Waals surface area contributed by atoms with E-state index in [9.17, 15) is 0 Å². The number of hydrogen-bond donors (Lipinski definition) is 1. The largest absolute Gasteiger partial charge is 0.332 e. The van der Waals surface area contributed by atoms with E-state index in [1.54, 1.807) is 17.7 Å². The van der Waals surface area contributed by atoms with Gasteiger partial charge in [-0.2, -0.15) is 0 Å². The van der Waals surface area contributed by atoms with Crippen molar-refractivity contribution in [3.63, 3.8) is 0 Å². The van der Waals surface area contributed by atoms with E-state index in [4.69, 9.17) is 4.98 Å². The average molecular weight is 284 g/mol. The van der Waals surface area contributed by atoms with Crippen LogP contribution in [0, 0.1) is 0 Å². The number of nitrogens with one attached hydrogen (secondary N) is 1. The molecule has 0 aliphatic carbocycles. The Labute approximate surface area is 122 Å². The summed E-state index contributed by atoms with van der Waals surface area (Å²) in [5, 5.41) is 4.20. The maximum absolute atomic E-state index is 4.77. The molecule has 0 saturated carbocycles. The molecule has 0 aliphatic rings. The summed E-state index contributed by atoms with van der Waals surface area (Å²) in [6.07, 6.45) is 3.66. The smallest absolute Gasteiger partial charge is 0.142 e. The molecule has 0 amide bonds. The number of aromatic nitrogens is 3. The molecule has 1 aromatic carbocycles. The van der Waals surface area contributed by atoms with Gasteiger partial charge in [0.15, 0.2) is 0 Å². The fraction of sp³-hybridized carbons (Fsp3) is 0.200. The number of imidazole rings is 1. The van der Waals surface area contributed by atoms with Crippen molar-refractivity contribution in [2.45, 2.75) is 6.54 Å². The fourth-order valence-electron chi connectivity index (χ4n) is 2.13. The van der Waals surface area contributed by atoms with E-state index in [-0.39, 0.29) is 0 Å². The summed E-state index contributed by atoms with van der Waals surface area (Å²) in [5.41, 5.74) is 3.35. The van der Waals surface area contributed by atoms with Crippen molar-refractivity contribution in [2.24, 2.45) is 7.05 Å². The molecule has 0 aliphatic heterocycles. The van der Waals surface area contributed by atoms with Gasteiger partial charge in [-0.3, -0.25) is 0 Å². The van der Waals surface area contributed by atoms with Gasteiger partial charge >= 0.3 is 0 Å².